The number of halogens is 2. The number of urea groups is 1. The van der Waals surface area contributed by atoms with Crippen molar-refractivity contribution in [1.82, 2.24) is 30.2 Å². The Morgan fingerprint density at radius 3 is 2.37 bits per heavy atom. The van der Waals surface area contributed by atoms with Gasteiger partial charge in [0.25, 0.3) is 5.92 Å². The van der Waals surface area contributed by atoms with Gasteiger partial charge in [0.15, 0.2) is 5.82 Å². The van der Waals surface area contributed by atoms with Crippen LogP contribution in [0.15, 0.2) is 4.52 Å². The average Bonchev–Trinajstić information content (AvgIpc) is 3.55. The highest BCUT2D eigenvalue weighted by Crippen LogP contribution is 2.41. The lowest BCUT2D eigenvalue weighted by molar-refractivity contribution is -0.125. The minimum atomic E-state index is -2.80. The van der Waals surface area contributed by atoms with E-state index in [0.717, 1.165) is 50.5 Å². The molecule has 4 fully saturated rings. The molecule has 2 unspecified atom stereocenters. The Morgan fingerprint density at radius 2 is 1.74 bits per heavy atom. The number of piperazine rings is 1. The second-order valence-corrected chi connectivity index (χ2v) is 11.6. The number of likely N-dealkylation sites (tertiary alicyclic amines) is 1. The molecule has 10 heteroatoms. The Labute approximate surface area is 206 Å². The third-order valence-electron chi connectivity index (χ3n) is 8.68. The summed E-state index contributed by atoms with van der Waals surface area (Å²) in [6.45, 7) is 10.3. The number of nitrogens with one attached hydrogen (secondary N) is 1. The van der Waals surface area contributed by atoms with Gasteiger partial charge in [0.1, 0.15) is 0 Å². The number of amides is 2. The molecule has 3 heterocycles. The van der Waals surface area contributed by atoms with Gasteiger partial charge in [0.2, 0.25) is 5.89 Å². The van der Waals surface area contributed by atoms with Gasteiger partial charge in [-0.15, -0.1) is 0 Å². The summed E-state index contributed by atoms with van der Waals surface area (Å²) in [5.74, 6) is -0.915. The third-order valence-corrected chi connectivity index (χ3v) is 8.68. The Kier molecular flexibility index (Phi) is 6.80. The maximum Gasteiger partial charge on any atom is 0.317 e. The highest BCUT2D eigenvalue weighted by Gasteiger charge is 2.51. The lowest BCUT2D eigenvalue weighted by Gasteiger charge is -2.48. The largest absolute Gasteiger partial charge is 0.339 e. The van der Waals surface area contributed by atoms with E-state index in [2.05, 4.69) is 41.1 Å². The molecule has 5 rings (SSSR count). The van der Waals surface area contributed by atoms with Crippen molar-refractivity contribution in [2.45, 2.75) is 101 Å². The smallest absolute Gasteiger partial charge is 0.317 e. The molecule has 35 heavy (non-hydrogen) atoms. The Hall–Kier alpha value is -1.81. The minimum absolute atomic E-state index is 0.107. The van der Waals surface area contributed by atoms with Crippen LogP contribution in [0.25, 0.3) is 0 Å². The zero-order chi connectivity index (χ0) is 24.8. The van der Waals surface area contributed by atoms with Gasteiger partial charge in [-0.1, -0.05) is 12.1 Å². The third kappa shape index (κ3) is 5.19. The predicted molar refractivity (Wildman–Crippen MR) is 128 cm³/mol. The van der Waals surface area contributed by atoms with Gasteiger partial charge < -0.3 is 14.7 Å². The number of carbonyl (C=O) groups is 1. The molecule has 2 amide bonds. The first-order valence-electron chi connectivity index (χ1n) is 13.4. The molecule has 1 aromatic rings. The molecule has 8 nitrogen and oxygen atoms in total. The summed E-state index contributed by atoms with van der Waals surface area (Å²) in [5, 5.41) is 7.25. The van der Waals surface area contributed by atoms with E-state index in [-0.39, 0.29) is 17.9 Å². The number of aromatic nitrogens is 2. The number of nitrogens with zero attached hydrogens (tertiary/aromatic N) is 5. The summed E-state index contributed by atoms with van der Waals surface area (Å²) in [5.41, 5.74) is -0.232. The summed E-state index contributed by atoms with van der Waals surface area (Å²) in [6, 6.07) is -1.29. The SMILES string of the molecule is CC(C)N1CCN(C2C(NC(=O)N3CCC(C)(c4noc(C5CC5)n4)CC3)CCCC2(F)F)CC1. The number of carbonyl (C=O) groups excluding carboxylic acids is 1. The number of rotatable bonds is 5. The number of hydrogen-bond donors (Lipinski definition) is 1. The van der Waals surface area contributed by atoms with Gasteiger partial charge in [-0.3, -0.25) is 9.80 Å². The van der Waals surface area contributed by atoms with Crippen LogP contribution in [0, 0.1) is 0 Å². The monoisotopic (exact) mass is 494 g/mol. The van der Waals surface area contributed by atoms with Gasteiger partial charge in [-0.25, -0.2) is 13.6 Å². The van der Waals surface area contributed by atoms with Crippen LogP contribution in [-0.4, -0.2) is 94.2 Å². The quantitative estimate of drug-likeness (QED) is 0.674. The molecule has 0 bridgehead atoms. The molecule has 2 saturated carbocycles. The van der Waals surface area contributed by atoms with Gasteiger partial charge in [0.05, 0.1) is 12.1 Å². The van der Waals surface area contributed by atoms with E-state index in [0.29, 0.717) is 51.0 Å². The van der Waals surface area contributed by atoms with Crippen molar-refractivity contribution in [3.63, 3.8) is 0 Å². The van der Waals surface area contributed by atoms with Crippen molar-refractivity contribution in [1.29, 1.82) is 0 Å². The first-order valence-corrected chi connectivity index (χ1v) is 13.4. The van der Waals surface area contributed by atoms with Crippen LogP contribution in [0.3, 0.4) is 0 Å². The van der Waals surface area contributed by atoms with E-state index >= 15 is 8.78 Å². The maximum atomic E-state index is 15.2. The average molecular weight is 495 g/mol. The van der Waals surface area contributed by atoms with E-state index < -0.39 is 18.0 Å². The zero-order valence-corrected chi connectivity index (χ0v) is 21.3. The first kappa shape index (κ1) is 24.9. The van der Waals surface area contributed by atoms with Crippen LogP contribution in [0.1, 0.15) is 83.3 Å². The van der Waals surface area contributed by atoms with Crippen LogP contribution in [0.4, 0.5) is 13.6 Å². The normalized spacial score (nSPS) is 29.9. The highest BCUT2D eigenvalue weighted by atomic mass is 19.3. The van der Waals surface area contributed by atoms with E-state index in [9.17, 15) is 4.79 Å². The van der Waals surface area contributed by atoms with Crippen molar-refractivity contribution in [2.75, 3.05) is 39.3 Å². The maximum absolute atomic E-state index is 15.2. The molecular weight excluding hydrogens is 454 g/mol. The number of hydrogen-bond acceptors (Lipinski definition) is 6. The van der Waals surface area contributed by atoms with Crippen LogP contribution in [0.5, 0.6) is 0 Å². The van der Waals surface area contributed by atoms with Crippen LogP contribution >= 0.6 is 0 Å². The summed E-state index contributed by atoms with van der Waals surface area (Å²) in [7, 11) is 0. The molecule has 2 aliphatic heterocycles. The molecule has 196 valence electrons. The van der Waals surface area contributed by atoms with Crippen molar-refractivity contribution < 1.29 is 18.1 Å². The first-order chi connectivity index (χ1) is 16.7. The predicted octanol–water partition coefficient (Wildman–Crippen LogP) is 3.59. The second-order valence-electron chi connectivity index (χ2n) is 11.6. The van der Waals surface area contributed by atoms with Gasteiger partial charge in [0, 0.05) is 63.1 Å². The number of piperidine rings is 1. The molecule has 1 aromatic heterocycles. The molecule has 1 N–H and O–H groups in total. The summed E-state index contributed by atoms with van der Waals surface area (Å²) in [6.07, 6.45) is 4.59. The van der Waals surface area contributed by atoms with E-state index in [1.165, 1.54) is 0 Å². The number of alkyl halides is 2. The van der Waals surface area contributed by atoms with E-state index in [1.807, 2.05) is 4.90 Å². The lowest BCUT2D eigenvalue weighted by atomic mass is 9.79. The van der Waals surface area contributed by atoms with Crippen LogP contribution < -0.4 is 5.32 Å². The fraction of sp³-hybridized carbons (Fsp3) is 0.880. The van der Waals surface area contributed by atoms with Gasteiger partial charge in [-0.2, -0.15) is 4.98 Å². The minimum Gasteiger partial charge on any atom is -0.339 e. The van der Waals surface area contributed by atoms with Crippen molar-refractivity contribution >= 4 is 6.03 Å². The van der Waals surface area contributed by atoms with E-state index in [1.54, 1.807) is 4.90 Å². The molecule has 2 atom stereocenters. The zero-order valence-electron chi connectivity index (χ0n) is 21.3. The van der Waals surface area contributed by atoms with Gasteiger partial charge in [-0.05, 0) is 52.4 Å². The molecule has 0 spiro atoms. The molecular formula is C25H40F2N6O2. The standard InChI is InChI=1S/C25H40F2N6O2/c1-17(2)31-13-15-32(16-14-31)20-19(5-4-8-25(20,26)27)28-23(34)33-11-9-24(3,10-12-33)22-29-21(35-30-22)18-6-7-18/h17-20H,4-16H2,1-3H3,(H,28,34). The second kappa shape index (κ2) is 9.57. The summed E-state index contributed by atoms with van der Waals surface area (Å²) < 4.78 is 35.8. The Morgan fingerprint density at radius 1 is 1.06 bits per heavy atom. The van der Waals surface area contributed by atoms with Crippen LogP contribution in [0.2, 0.25) is 0 Å². The molecule has 4 aliphatic rings. The molecule has 0 radical (unpaired) electrons. The van der Waals surface area contributed by atoms with Crippen molar-refractivity contribution in [3.8, 4) is 0 Å². The summed E-state index contributed by atoms with van der Waals surface area (Å²) in [4.78, 5) is 23.8. The molecule has 2 aliphatic carbocycles. The molecule has 0 aromatic carbocycles. The Bertz CT molecular complexity index is 888. The highest BCUT2D eigenvalue weighted by molar-refractivity contribution is 5.74. The lowest BCUT2D eigenvalue weighted by Crippen LogP contribution is -2.66. The van der Waals surface area contributed by atoms with Crippen LogP contribution in [-0.2, 0) is 5.41 Å². The summed E-state index contributed by atoms with van der Waals surface area (Å²) >= 11 is 0. The van der Waals surface area contributed by atoms with Crippen molar-refractivity contribution in [2.24, 2.45) is 0 Å². The topological polar surface area (TPSA) is 77.7 Å². The Balaban J connectivity index is 1.19. The van der Waals surface area contributed by atoms with E-state index in [4.69, 9.17) is 4.52 Å². The fourth-order valence-electron chi connectivity index (χ4n) is 6.02. The van der Waals surface area contributed by atoms with Crippen molar-refractivity contribution in [3.05, 3.63) is 11.7 Å². The van der Waals surface area contributed by atoms with Gasteiger partial charge >= 0.3 is 6.03 Å². The fourth-order valence-corrected chi connectivity index (χ4v) is 6.02. The molecule has 2 saturated heterocycles.